The molecule has 0 amide bonds. The Morgan fingerprint density at radius 3 is 1.00 bits per heavy atom. The molecule has 0 atom stereocenters. The Morgan fingerprint density at radius 2 is 0.633 bits per heavy atom. The van der Waals surface area contributed by atoms with Gasteiger partial charge in [0.25, 0.3) is 0 Å². The van der Waals surface area contributed by atoms with Crippen LogP contribution in [0.25, 0.3) is 44.8 Å². The van der Waals surface area contributed by atoms with E-state index in [4.69, 9.17) is 9.97 Å². The van der Waals surface area contributed by atoms with Crippen LogP contribution in [-0.4, -0.2) is 9.97 Å². The normalized spacial score (nSPS) is 14.6. The highest BCUT2D eigenvalue weighted by atomic mass is 15.3. The summed E-state index contributed by atoms with van der Waals surface area (Å²) in [6, 6.07) is 69.7. The lowest BCUT2D eigenvalue weighted by atomic mass is 9.60. The van der Waals surface area contributed by atoms with E-state index in [1.54, 1.807) is 0 Å². The highest BCUT2D eigenvalue weighted by Gasteiger charge is 2.59. The van der Waals surface area contributed by atoms with Gasteiger partial charge in [-0.15, -0.1) is 0 Å². The minimum Gasteiger partial charge on any atom is -0.278 e. The molecule has 2 spiro atoms. The van der Waals surface area contributed by atoms with Crippen molar-refractivity contribution in [1.29, 1.82) is 0 Å². The number of hydrogen-bond acceptors (Lipinski definition) is 3. The SMILES string of the molecule is C.Cc1ccccc1-c1ccc2c(n1)N1c3nc(-c4ccccc4C)ccc3C3(c4ccccc4-c4ccccc43)c3cccc(c31)C21c2ccccc2-c2ccccc21. The van der Waals surface area contributed by atoms with Crippen LogP contribution in [0.1, 0.15) is 63.1 Å². The number of anilines is 3. The molecule has 2 aliphatic carbocycles. The van der Waals surface area contributed by atoms with Gasteiger partial charge in [-0.2, -0.15) is 0 Å². The van der Waals surface area contributed by atoms with Crippen molar-refractivity contribution < 1.29 is 0 Å². The number of hydrogen-bond donors (Lipinski definition) is 0. The predicted molar refractivity (Wildman–Crippen MR) is 246 cm³/mol. The third-order valence-electron chi connectivity index (χ3n) is 13.8. The van der Waals surface area contributed by atoms with Gasteiger partial charge in [0.15, 0.2) is 0 Å². The van der Waals surface area contributed by atoms with Gasteiger partial charge in [0.1, 0.15) is 11.6 Å². The summed E-state index contributed by atoms with van der Waals surface area (Å²) in [4.78, 5) is 14.1. The number of fused-ring (bicyclic) bond motifs is 18. The van der Waals surface area contributed by atoms with Gasteiger partial charge < -0.3 is 0 Å². The Balaban J connectivity index is 0.00000388. The molecule has 0 fully saturated rings. The highest BCUT2D eigenvalue weighted by Crippen LogP contribution is 2.69. The molecule has 0 N–H and O–H groups in total. The molecule has 4 aliphatic rings. The number of benzene rings is 7. The second-order valence-corrected chi connectivity index (χ2v) is 16.5. The molecule has 0 unspecified atom stereocenters. The van der Waals surface area contributed by atoms with E-state index in [1.807, 2.05) is 0 Å². The summed E-state index contributed by atoms with van der Waals surface area (Å²) in [5, 5.41) is 0. The molecule has 284 valence electrons. The van der Waals surface area contributed by atoms with Gasteiger partial charge >= 0.3 is 0 Å². The number of aromatic nitrogens is 2. The van der Waals surface area contributed by atoms with Crippen LogP contribution in [0.2, 0.25) is 0 Å². The van der Waals surface area contributed by atoms with Crippen molar-refractivity contribution in [3.8, 4) is 44.8 Å². The molecular weight excluding hydrogens is 727 g/mol. The summed E-state index contributed by atoms with van der Waals surface area (Å²) >= 11 is 0. The molecule has 0 bridgehead atoms. The van der Waals surface area contributed by atoms with E-state index < -0.39 is 10.8 Å². The van der Waals surface area contributed by atoms with Gasteiger partial charge in [0, 0.05) is 22.3 Å². The van der Waals surface area contributed by atoms with Crippen molar-refractivity contribution in [2.45, 2.75) is 32.1 Å². The molecule has 3 nitrogen and oxygen atoms in total. The Bertz CT molecular complexity index is 2980. The molecular formula is C57H41N3. The third-order valence-corrected chi connectivity index (χ3v) is 13.8. The largest absolute Gasteiger partial charge is 0.278 e. The molecule has 2 aliphatic heterocycles. The first-order chi connectivity index (χ1) is 29.1. The fourth-order valence-corrected chi connectivity index (χ4v) is 11.5. The van der Waals surface area contributed by atoms with Crippen LogP contribution in [0.3, 0.4) is 0 Å². The zero-order chi connectivity index (χ0) is 39.0. The van der Waals surface area contributed by atoms with Crippen LogP contribution in [0.15, 0.2) is 188 Å². The summed E-state index contributed by atoms with van der Waals surface area (Å²) < 4.78 is 0. The number of aryl methyl sites for hydroxylation is 2. The Labute approximate surface area is 351 Å². The molecule has 0 saturated heterocycles. The molecule has 0 saturated carbocycles. The van der Waals surface area contributed by atoms with E-state index in [0.717, 1.165) is 51.0 Å². The van der Waals surface area contributed by atoms with E-state index >= 15 is 0 Å². The van der Waals surface area contributed by atoms with Crippen LogP contribution in [0, 0.1) is 13.8 Å². The van der Waals surface area contributed by atoms with Crippen molar-refractivity contribution >= 4 is 17.3 Å². The molecule has 4 heterocycles. The first-order valence-corrected chi connectivity index (χ1v) is 20.6. The lowest BCUT2D eigenvalue weighted by molar-refractivity contribution is 0.698. The maximum Gasteiger partial charge on any atom is 0.144 e. The third kappa shape index (κ3) is 4.09. The molecule has 60 heavy (non-hydrogen) atoms. The number of pyridine rings is 2. The standard InChI is InChI=1S/C56H37N3.CH4/c1-34-16-3-5-18-36(34)50-32-30-48-53(57-50)59-52-46(55(48)42-24-11-7-20-38(42)39-21-8-12-25-43(39)55)28-15-29-47(52)56(44-26-13-9-22-40(44)41-23-10-14-27-45(41)56)49-31-33-51(58-54(49)59)37-19-6-4-17-35(37)2;/h3-33H,1-2H3;1H4. The maximum absolute atomic E-state index is 5.84. The second-order valence-electron chi connectivity index (χ2n) is 16.5. The van der Waals surface area contributed by atoms with Crippen LogP contribution in [0.5, 0.6) is 0 Å². The van der Waals surface area contributed by atoms with Crippen LogP contribution in [0.4, 0.5) is 17.3 Å². The van der Waals surface area contributed by atoms with Gasteiger partial charge in [0.2, 0.25) is 0 Å². The number of rotatable bonds is 2. The van der Waals surface area contributed by atoms with Gasteiger partial charge in [-0.25, -0.2) is 9.97 Å². The van der Waals surface area contributed by atoms with Crippen molar-refractivity contribution in [2.24, 2.45) is 0 Å². The van der Waals surface area contributed by atoms with E-state index in [2.05, 4.69) is 207 Å². The smallest absolute Gasteiger partial charge is 0.144 e. The molecule has 7 aromatic carbocycles. The van der Waals surface area contributed by atoms with Crippen molar-refractivity contribution in [1.82, 2.24) is 9.97 Å². The topological polar surface area (TPSA) is 29.0 Å². The predicted octanol–water partition coefficient (Wildman–Crippen LogP) is 13.9. The fourth-order valence-electron chi connectivity index (χ4n) is 11.5. The zero-order valence-electron chi connectivity index (χ0n) is 32.7. The second kappa shape index (κ2) is 12.3. The molecule has 3 heteroatoms. The van der Waals surface area contributed by atoms with E-state index in [1.165, 1.54) is 66.8 Å². The average Bonchev–Trinajstić information content (AvgIpc) is 3.75. The zero-order valence-corrected chi connectivity index (χ0v) is 32.7. The first-order valence-electron chi connectivity index (χ1n) is 20.6. The number of nitrogens with zero attached hydrogens (tertiary/aromatic N) is 3. The van der Waals surface area contributed by atoms with Crippen molar-refractivity contribution in [2.75, 3.05) is 4.90 Å². The lowest BCUT2D eigenvalue weighted by Gasteiger charge is -2.50. The molecule has 13 rings (SSSR count). The van der Waals surface area contributed by atoms with E-state index in [9.17, 15) is 0 Å². The van der Waals surface area contributed by atoms with Crippen LogP contribution in [-0.2, 0) is 10.8 Å². The fraction of sp³-hybridized carbons (Fsp3) is 0.0877. The quantitative estimate of drug-likeness (QED) is 0.175. The summed E-state index contributed by atoms with van der Waals surface area (Å²) in [7, 11) is 0. The average molecular weight is 768 g/mol. The van der Waals surface area contributed by atoms with Gasteiger partial charge in [0.05, 0.1) is 27.9 Å². The summed E-state index contributed by atoms with van der Waals surface area (Å²) in [6.45, 7) is 4.36. The monoisotopic (exact) mass is 767 g/mol. The summed E-state index contributed by atoms with van der Waals surface area (Å²) in [6.07, 6.45) is 0. The van der Waals surface area contributed by atoms with Crippen molar-refractivity contribution in [3.05, 3.63) is 244 Å². The first kappa shape index (κ1) is 34.7. The minimum atomic E-state index is -0.633. The van der Waals surface area contributed by atoms with Crippen LogP contribution < -0.4 is 4.90 Å². The maximum atomic E-state index is 5.84. The lowest BCUT2D eigenvalue weighted by Crippen LogP contribution is -2.43. The Morgan fingerprint density at radius 1 is 0.317 bits per heavy atom. The van der Waals surface area contributed by atoms with E-state index in [0.29, 0.717) is 0 Å². The van der Waals surface area contributed by atoms with Gasteiger partial charge in [-0.1, -0.05) is 183 Å². The van der Waals surface area contributed by atoms with Gasteiger partial charge in [-0.3, -0.25) is 4.90 Å². The molecule has 0 radical (unpaired) electrons. The van der Waals surface area contributed by atoms with E-state index in [-0.39, 0.29) is 7.43 Å². The Kier molecular flexibility index (Phi) is 7.12. The number of para-hydroxylation sites is 1. The van der Waals surface area contributed by atoms with Crippen molar-refractivity contribution in [3.63, 3.8) is 0 Å². The molecule has 2 aromatic heterocycles. The van der Waals surface area contributed by atoms with Crippen LogP contribution >= 0.6 is 0 Å². The minimum absolute atomic E-state index is 0. The highest BCUT2D eigenvalue weighted by molar-refractivity contribution is 6.01. The summed E-state index contributed by atoms with van der Waals surface area (Å²) in [5.74, 6) is 1.84. The molecule has 9 aromatic rings. The summed E-state index contributed by atoms with van der Waals surface area (Å²) in [5.41, 5.74) is 21.5. The van der Waals surface area contributed by atoms with Gasteiger partial charge in [-0.05, 0) is 92.7 Å². The Hall–Kier alpha value is -7.36.